The molecule has 7 unspecified atom stereocenters. The SMILES string of the molecule is CC(C)C(OC(=O)C1C2CC3C(OC(=O)C31)C2I)C(F)(F)C(=O)O. The van der Waals surface area contributed by atoms with Gasteiger partial charge in [0.2, 0.25) is 0 Å². The number of ether oxygens (including phenoxy) is 2. The minimum Gasteiger partial charge on any atom is -0.477 e. The highest BCUT2D eigenvalue weighted by molar-refractivity contribution is 14.1. The van der Waals surface area contributed by atoms with Gasteiger partial charge in [-0.1, -0.05) is 36.4 Å². The van der Waals surface area contributed by atoms with Crippen LogP contribution in [0.4, 0.5) is 8.78 Å². The van der Waals surface area contributed by atoms with Gasteiger partial charge in [-0.2, -0.15) is 8.78 Å². The molecule has 1 heterocycles. The lowest BCUT2D eigenvalue weighted by Crippen LogP contribution is -2.49. The number of carboxylic acids is 1. The molecule has 0 spiro atoms. The molecule has 7 atom stereocenters. The van der Waals surface area contributed by atoms with E-state index in [1.807, 2.05) is 0 Å². The molecule has 134 valence electrons. The molecule has 0 amide bonds. The predicted molar refractivity (Wildman–Crippen MR) is 83.6 cm³/mol. The first-order valence-electron chi connectivity index (χ1n) is 7.73. The van der Waals surface area contributed by atoms with Gasteiger partial charge in [0, 0.05) is 5.92 Å². The number of aliphatic carboxylic acids is 1. The Balaban J connectivity index is 1.82. The number of alkyl halides is 3. The van der Waals surface area contributed by atoms with Crippen molar-refractivity contribution in [2.45, 2.75) is 42.3 Å². The summed E-state index contributed by atoms with van der Waals surface area (Å²) in [6, 6.07) is 0. The smallest absolute Gasteiger partial charge is 0.378 e. The summed E-state index contributed by atoms with van der Waals surface area (Å²) in [5.41, 5.74) is 0. The lowest BCUT2D eigenvalue weighted by atomic mass is 9.80. The molecule has 3 fully saturated rings. The van der Waals surface area contributed by atoms with E-state index in [0.717, 1.165) is 0 Å². The van der Waals surface area contributed by atoms with Crippen LogP contribution in [0.3, 0.4) is 0 Å². The van der Waals surface area contributed by atoms with Crippen LogP contribution in [0.5, 0.6) is 0 Å². The third-order valence-electron chi connectivity index (χ3n) is 5.29. The van der Waals surface area contributed by atoms with Crippen LogP contribution in [0.1, 0.15) is 20.3 Å². The van der Waals surface area contributed by atoms with Crippen molar-refractivity contribution < 1.29 is 37.7 Å². The number of carboxylic acid groups (broad SMARTS) is 1. The fourth-order valence-corrected chi connectivity index (χ4v) is 5.67. The average molecular weight is 458 g/mol. The van der Waals surface area contributed by atoms with Crippen LogP contribution in [0.15, 0.2) is 0 Å². The second-order valence-electron chi connectivity index (χ2n) is 6.99. The van der Waals surface area contributed by atoms with E-state index in [9.17, 15) is 23.2 Å². The zero-order valence-electron chi connectivity index (χ0n) is 12.9. The fraction of sp³-hybridized carbons (Fsp3) is 0.800. The molecule has 3 rings (SSSR count). The van der Waals surface area contributed by atoms with E-state index >= 15 is 0 Å². The van der Waals surface area contributed by atoms with Gasteiger partial charge in [0.05, 0.1) is 15.8 Å². The van der Waals surface area contributed by atoms with Gasteiger partial charge < -0.3 is 14.6 Å². The maximum absolute atomic E-state index is 13.9. The molecule has 24 heavy (non-hydrogen) atoms. The van der Waals surface area contributed by atoms with E-state index in [1.54, 1.807) is 0 Å². The van der Waals surface area contributed by atoms with E-state index in [2.05, 4.69) is 22.6 Å². The first kappa shape index (κ1) is 17.8. The van der Waals surface area contributed by atoms with Gasteiger partial charge in [-0.15, -0.1) is 0 Å². The van der Waals surface area contributed by atoms with Crippen LogP contribution < -0.4 is 0 Å². The predicted octanol–water partition coefficient (Wildman–Crippen LogP) is 1.89. The number of fused-ring (bicyclic) bond motifs is 1. The molecular weight excluding hydrogens is 441 g/mol. The van der Waals surface area contributed by atoms with Crippen LogP contribution in [-0.4, -0.2) is 45.1 Å². The maximum Gasteiger partial charge on any atom is 0.378 e. The Labute approximate surface area is 150 Å². The molecule has 1 N–H and O–H groups in total. The summed E-state index contributed by atoms with van der Waals surface area (Å²) < 4.78 is 37.9. The molecule has 1 aliphatic heterocycles. The Morgan fingerprint density at radius 3 is 2.54 bits per heavy atom. The lowest BCUT2D eigenvalue weighted by Gasteiger charge is -2.31. The molecule has 6 nitrogen and oxygen atoms in total. The first-order chi connectivity index (χ1) is 11.1. The quantitative estimate of drug-likeness (QED) is 0.385. The molecule has 0 radical (unpaired) electrons. The highest BCUT2D eigenvalue weighted by Gasteiger charge is 2.68. The summed E-state index contributed by atoms with van der Waals surface area (Å²) in [5.74, 6) is -10.6. The summed E-state index contributed by atoms with van der Waals surface area (Å²) >= 11 is 2.12. The first-order valence-corrected chi connectivity index (χ1v) is 8.98. The van der Waals surface area contributed by atoms with Crippen molar-refractivity contribution in [3.63, 3.8) is 0 Å². The van der Waals surface area contributed by atoms with Gasteiger partial charge >= 0.3 is 23.8 Å². The van der Waals surface area contributed by atoms with Crippen molar-refractivity contribution in [1.29, 1.82) is 0 Å². The largest absolute Gasteiger partial charge is 0.477 e. The Hall–Kier alpha value is -1.00. The number of carbonyl (C=O) groups is 3. The van der Waals surface area contributed by atoms with Crippen molar-refractivity contribution in [1.82, 2.24) is 0 Å². The summed E-state index contributed by atoms with van der Waals surface area (Å²) in [6.07, 6.45) is -1.68. The van der Waals surface area contributed by atoms with Gasteiger partial charge in [0.1, 0.15) is 6.10 Å². The van der Waals surface area contributed by atoms with E-state index in [-0.39, 0.29) is 21.9 Å². The highest BCUT2D eigenvalue weighted by Crippen LogP contribution is 2.60. The summed E-state index contributed by atoms with van der Waals surface area (Å²) in [4.78, 5) is 35.4. The van der Waals surface area contributed by atoms with Crippen molar-refractivity contribution >= 4 is 40.5 Å². The topological polar surface area (TPSA) is 89.9 Å². The monoisotopic (exact) mass is 458 g/mol. The van der Waals surface area contributed by atoms with Gasteiger partial charge in [-0.05, 0) is 18.3 Å². The van der Waals surface area contributed by atoms with Crippen LogP contribution in [0, 0.1) is 29.6 Å². The summed E-state index contributed by atoms with van der Waals surface area (Å²) in [7, 11) is 0. The number of esters is 2. The number of hydrogen-bond donors (Lipinski definition) is 1. The third kappa shape index (κ3) is 2.41. The van der Waals surface area contributed by atoms with Crippen molar-refractivity contribution in [2.75, 3.05) is 0 Å². The van der Waals surface area contributed by atoms with Crippen LogP contribution in [0.2, 0.25) is 0 Å². The number of hydrogen-bond acceptors (Lipinski definition) is 5. The van der Waals surface area contributed by atoms with Crippen molar-refractivity contribution in [3.05, 3.63) is 0 Å². The van der Waals surface area contributed by atoms with E-state index in [1.165, 1.54) is 13.8 Å². The van der Waals surface area contributed by atoms with Crippen LogP contribution in [-0.2, 0) is 23.9 Å². The molecule has 3 aliphatic rings. The Morgan fingerprint density at radius 1 is 1.38 bits per heavy atom. The Morgan fingerprint density at radius 2 is 2.00 bits per heavy atom. The second-order valence-corrected chi connectivity index (χ2v) is 8.43. The zero-order chi connectivity index (χ0) is 18.0. The maximum atomic E-state index is 13.9. The van der Waals surface area contributed by atoms with Crippen LogP contribution >= 0.6 is 22.6 Å². The molecule has 1 saturated heterocycles. The normalized spacial score (nSPS) is 38.3. The van der Waals surface area contributed by atoms with Gasteiger partial charge in [0.25, 0.3) is 0 Å². The van der Waals surface area contributed by atoms with E-state index in [4.69, 9.17) is 14.6 Å². The lowest BCUT2D eigenvalue weighted by molar-refractivity contribution is -0.202. The second kappa shape index (κ2) is 5.77. The Bertz CT molecular complexity index is 595. The molecule has 2 saturated carbocycles. The standard InChI is InChI=1S/C15H17F2IO6/c1-4(2)11(15(16,17)14(21)22)24-13(20)7-5-3-6-8(7)12(19)23-10(6)9(5)18/h4-11H,3H2,1-2H3,(H,21,22). The average Bonchev–Trinajstić information content (AvgIpc) is 3.07. The Kier molecular flexibility index (Phi) is 4.28. The fourth-order valence-electron chi connectivity index (χ4n) is 4.25. The summed E-state index contributed by atoms with van der Waals surface area (Å²) in [6.45, 7) is 2.72. The molecule has 2 bridgehead atoms. The molecule has 2 aliphatic carbocycles. The third-order valence-corrected chi connectivity index (χ3v) is 6.92. The minimum atomic E-state index is -4.19. The molecular formula is C15H17F2IO6. The zero-order valence-corrected chi connectivity index (χ0v) is 15.1. The number of carbonyl (C=O) groups excluding carboxylic acids is 2. The molecule has 9 heteroatoms. The molecule has 0 aromatic heterocycles. The van der Waals surface area contributed by atoms with E-state index in [0.29, 0.717) is 6.42 Å². The molecule has 0 aromatic carbocycles. The van der Waals surface area contributed by atoms with Gasteiger partial charge in [-0.25, -0.2) is 4.79 Å². The van der Waals surface area contributed by atoms with Crippen LogP contribution in [0.25, 0.3) is 0 Å². The summed E-state index contributed by atoms with van der Waals surface area (Å²) in [5, 5.41) is 8.72. The number of halogens is 3. The van der Waals surface area contributed by atoms with E-state index < -0.39 is 47.7 Å². The van der Waals surface area contributed by atoms with Gasteiger partial charge in [-0.3, -0.25) is 9.59 Å². The van der Waals surface area contributed by atoms with Crippen molar-refractivity contribution in [3.8, 4) is 0 Å². The number of rotatable bonds is 5. The highest BCUT2D eigenvalue weighted by atomic mass is 127. The minimum absolute atomic E-state index is 0.0645. The molecule has 0 aromatic rings. The van der Waals surface area contributed by atoms with Crippen molar-refractivity contribution in [2.24, 2.45) is 29.6 Å². The van der Waals surface area contributed by atoms with Gasteiger partial charge in [0.15, 0.2) is 6.10 Å².